The Hall–Kier alpha value is -0.0931. The molecule has 0 saturated carbocycles. The van der Waals surface area contributed by atoms with Crippen LogP contribution >= 0.6 is 23.4 Å². The molecule has 5 nitrogen and oxygen atoms in total. The van der Waals surface area contributed by atoms with Crippen molar-refractivity contribution < 1.29 is 8.98 Å². The predicted octanol–water partition coefficient (Wildman–Crippen LogP) is 6.13. The van der Waals surface area contributed by atoms with Gasteiger partial charge in [-0.15, -0.1) is 11.3 Å². The van der Waals surface area contributed by atoms with Crippen molar-refractivity contribution >= 4 is 43.0 Å². The maximum atomic E-state index is 13.0. The summed E-state index contributed by atoms with van der Waals surface area (Å²) in [7, 11) is -2.05. The summed E-state index contributed by atoms with van der Waals surface area (Å²) in [5.74, 6) is 0. The van der Waals surface area contributed by atoms with Crippen molar-refractivity contribution in [3.05, 3.63) is 29.6 Å². The Kier molecular flexibility index (Phi) is 10.2. The average Bonchev–Trinajstić information content (AvgIpc) is 2.63. The van der Waals surface area contributed by atoms with Crippen LogP contribution in [-0.2, 0) is 21.2 Å². The first-order valence-electron chi connectivity index (χ1n) is 10.5. The fraction of sp³-hybridized carbons (Fsp3) is 0.727. The third-order valence-corrected chi connectivity index (χ3v) is 13.0. The molecule has 1 heterocycles. The van der Waals surface area contributed by atoms with Crippen LogP contribution in [0, 0.1) is 0 Å². The van der Waals surface area contributed by atoms with E-state index in [-0.39, 0.29) is 11.1 Å². The summed E-state index contributed by atoms with van der Waals surface area (Å²) in [6.45, 7) is 23.4. The predicted molar refractivity (Wildman–Crippen MR) is 139 cm³/mol. The number of thioether (sulfide) groups is 1. The minimum atomic E-state index is -2.05. The van der Waals surface area contributed by atoms with E-state index in [1.54, 1.807) is 6.20 Å². The Labute approximate surface area is 203 Å². The molecule has 0 spiro atoms. The topological polar surface area (TPSA) is 70.1 Å². The first-order valence-corrected chi connectivity index (χ1v) is 16.2. The second-order valence-corrected chi connectivity index (χ2v) is 18.5. The lowest BCUT2D eigenvalue weighted by atomic mass is 9.77. The molecule has 31 heavy (non-hydrogen) atoms. The smallest absolute Gasteiger partial charge is 0.192 e. The minimum absolute atomic E-state index is 0.0620. The van der Waals surface area contributed by atoms with Gasteiger partial charge < -0.3 is 8.98 Å². The molecule has 1 rings (SSSR count). The average molecular weight is 506 g/mol. The molecule has 1 N–H and O–H groups in total. The van der Waals surface area contributed by atoms with Gasteiger partial charge in [-0.05, 0) is 51.6 Å². The van der Waals surface area contributed by atoms with E-state index in [2.05, 4.69) is 62.1 Å². The Bertz CT molecular complexity index is 753. The summed E-state index contributed by atoms with van der Waals surface area (Å²) in [6, 6.07) is -0.226. The number of nitrogens with one attached hydrogen (secondary N) is 1. The van der Waals surface area contributed by atoms with Crippen molar-refractivity contribution in [3.8, 4) is 0 Å². The van der Waals surface area contributed by atoms with Crippen LogP contribution in [0.3, 0.4) is 0 Å². The SMILES string of the molecule is C=CC[C@@H](N[S+]([O-])C(C)(C)C)[C@](C)(CO[Si](C)(C)C(C)(C)C)c1cnc(SC)nc1Cl. The zero-order valence-corrected chi connectivity index (χ0v) is 24.1. The van der Waals surface area contributed by atoms with E-state index in [1.807, 2.05) is 33.1 Å². The normalized spacial score (nSPS) is 17.2. The maximum absolute atomic E-state index is 13.0. The molecule has 178 valence electrons. The molecule has 0 amide bonds. The van der Waals surface area contributed by atoms with Crippen molar-refractivity contribution in [1.29, 1.82) is 0 Å². The lowest BCUT2D eigenvalue weighted by Crippen LogP contribution is -2.56. The van der Waals surface area contributed by atoms with Crippen molar-refractivity contribution in [2.24, 2.45) is 0 Å². The summed E-state index contributed by atoms with van der Waals surface area (Å²) < 4.78 is 22.6. The quantitative estimate of drug-likeness (QED) is 0.103. The number of nitrogens with zero attached hydrogens (tertiary/aromatic N) is 2. The molecular formula is C22H40ClN3O2S2Si. The van der Waals surface area contributed by atoms with Gasteiger partial charge in [-0.25, -0.2) is 9.97 Å². The fourth-order valence-electron chi connectivity index (χ4n) is 2.65. The summed E-state index contributed by atoms with van der Waals surface area (Å²) in [6.07, 6.45) is 6.14. The van der Waals surface area contributed by atoms with Crippen molar-refractivity contribution in [2.45, 2.75) is 94.4 Å². The highest BCUT2D eigenvalue weighted by molar-refractivity contribution is 7.98. The van der Waals surface area contributed by atoms with Crippen molar-refractivity contribution in [2.75, 3.05) is 12.9 Å². The standard InChI is InChI=1S/C22H40ClN3O2S2Si/c1-12-13-17(26-30(27)20(2,3)4)22(8,15-28-31(10,11)21(5,6)7)16-14-24-19(29-9)25-18(16)23/h12,14,17,26H,1,13,15H2,2-11H3/t17-,22-,30?/m1/s1. The first kappa shape index (κ1) is 28.9. The Morgan fingerprint density at radius 1 is 1.29 bits per heavy atom. The molecule has 1 aromatic heterocycles. The van der Waals surface area contributed by atoms with Gasteiger partial charge in [0.15, 0.2) is 13.5 Å². The van der Waals surface area contributed by atoms with E-state index < -0.39 is 29.8 Å². The molecule has 1 unspecified atom stereocenters. The number of hydrogen-bond acceptors (Lipinski definition) is 6. The van der Waals surface area contributed by atoms with Crippen LogP contribution in [0.25, 0.3) is 0 Å². The van der Waals surface area contributed by atoms with Gasteiger partial charge in [0.2, 0.25) is 0 Å². The maximum Gasteiger partial charge on any atom is 0.192 e. The highest BCUT2D eigenvalue weighted by atomic mass is 35.5. The molecule has 3 atom stereocenters. The Morgan fingerprint density at radius 2 is 1.87 bits per heavy atom. The molecule has 0 bridgehead atoms. The van der Waals surface area contributed by atoms with Gasteiger partial charge >= 0.3 is 0 Å². The number of rotatable bonds is 10. The van der Waals surface area contributed by atoms with Crippen molar-refractivity contribution in [3.63, 3.8) is 0 Å². The van der Waals surface area contributed by atoms with Gasteiger partial charge in [0, 0.05) is 35.1 Å². The summed E-state index contributed by atoms with van der Waals surface area (Å²) in [5.41, 5.74) is 0.175. The minimum Gasteiger partial charge on any atom is -0.598 e. The molecule has 0 aliphatic heterocycles. The Morgan fingerprint density at radius 3 is 2.29 bits per heavy atom. The summed E-state index contributed by atoms with van der Waals surface area (Å²) >= 11 is 6.84. The molecule has 0 radical (unpaired) electrons. The number of hydrogen-bond donors (Lipinski definition) is 1. The Balaban J connectivity index is 3.51. The van der Waals surface area contributed by atoms with Gasteiger partial charge in [0.25, 0.3) is 0 Å². The van der Waals surface area contributed by atoms with Gasteiger partial charge in [-0.2, -0.15) is 0 Å². The van der Waals surface area contributed by atoms with Crippen LogP contribution in [0.2, 0.25) is 23.3 Å². The molecule has 0 aromatic carbocycles. The molecular weight excluding hydrogens is 466 g/mol. The third kappa shape index (κ3) is 7.45. The van der Waals surface area contributed by atoms with Crippen LogP contribution < -0.4 is 4.72 Å². The molecule has 0 aliphatic carbocycles. The molecule has 1 aromatic rings. The lowest BCUT2D eigenvalue weighted by Gasteiger charge is -2.43. The largest absolute Gasteiger partial charge is 0.598 e. The van der Waals surface area contributed by atoms with Gasteiger partial charge in [0.05, 0.1) is 6.04 Å². The van der Waals surface area contributed by atoms with E-state index in [0.29, 0.717) is 23.3 Å². The number of halogens is 1. The summed E-state index contributed by atoms with van der Waals surface area (Å²) in [4.78, 5) is 8.95. The fourth-order valence-corrected chi connectivity index (χ4v) is 5.45. The van der Waals surface area contributed by atoms with Crippen LogP contribution in [-0.4, -0.2) is 46.5 Å². The molecule has 9 heteroatoms. The van der Waals surface area contributed by atoms with E-state index in [1.165, 1.54) is 11.8 Å². The zero-order valence-electron chi connectivity index (χ0n) is 20.8. The first-order chi connectivity index (χ1) is 14.0. The zero-order chi connectivity index (χ0) is 24.3. The molecule has 0 fully saturated rings. The summed E-state index contributed by atoms with van der Waals surface area (Å²) in [5, 5.41) is 1.08. The highest BCUT2D eigenvalue weighted by Crippen LogP contribution is 2.41. The second kappa shape index (κ2) is 10.9. The van der Waals surface area contributed by atoms with E-state index >= 15 is 0 Å². The van der Waals surface area contributed by atoms with Crippen LogP contribution in [0.1, 0.15) is 60.5 Å². The van der Waals surface area contributed by atoms with E-state index in [4.69, 9.17) is 16.0 Å². The van der Waals surface area contributed by atoms with E-state index in [9.17, 15) is 4.55 Å². The second-order valence-electron chi connectivity index (χ2n) is 10.6. The van der Waals surface area contributed by atoms with Crippen LogP contribution in [0.15, 0.2) is 24.0 Å². The van der Waals surface area contributed by atoms with E-state index in [0.717, 1.165) is 5.56 Å². The van der Waals surface area contributed by atoms with Crippen LogP contribution in [0.4, 0.5) is 0 Å². The highest BCUT2D eigenvalue weighted by Gasteiger charge is 2.45. The van der Waals surface area contributed by atoms with Gasteiger partial charge in [-0.1, -0.05) is 57.1 Å². The number of aromatic nitrogens is 2. The molecule has 0 aliphatic rings. The van der Waals surface area contributed by atoms with Crippen molar-refractivity contribution in [1.82, 2.24) is 14.7 Å². The van der Waals surface area contributed by atoms with Gasteiger partial charge in [-0.3, -0.25) is 0 Å². The third-order valence-electron chi connectivity index (χ3n) is 6.03. The lowest BCUT2D eigenvalue weighted by molar-refractivity contribution is 0.178. The monoisotopic (exact) mass is 505 g/mol. The van der Waals surface area contributed by atoms with Crippen LogP contribution in [0.5, 0.6) is 0 Å². The van der Waals surface area contributed by atoms with Gasteiger partial charge in [0.1, 0.15) is 9.90 Å². The molecule has 0 saturated heterocycles.